The molecule has 1 aromatic rings. The molecule has 0 aliphatic carbocycles. The zero-order valence-corrected chi connectivity index (χ0v) is 9.25. The summed E-state index contributed by atoms with van der Waals surface area (Å²) >= 11 is 0. The first-order chi connectivity index (χ1) is 7.36. The number of sulfonamides is 1. The Hall–Kier alpha value is -1.81. The van der Waals surface area contributed by atoms with Gasteiger partial charge >= 0.3 is 0 Å². The molecule has 1 atom stereocenters. The van der Waals surface area contributed by atoms with Gasteiger partial charge in [-0.1, -0.05) is 0 Å². The van der Waals surface area contributed by atoms with Crippen molar-refractivity contribution in [2.75, 3.05) is 10.5 Å². The molecule has 1 unspecified atom stereocenters. The molecule has 1 aromatic carbocycles. The molecule has 0 radical (unpaired) electrons. The van der Waals surface area contributed by atoms with Crippen molar-refractivity contribution in [3.63, 3.8) is 0 Å². The highest BCUT2D eigenvalue weighted by Gasteiger charge is 2.20. The smallest absolute Gasteiger partial charge is 0.264 e. The van der Waals surface area contributed by atoms with Crippen LogP contribution in [-0.4, -0.2) is 13.9 Å². The van der Waals surface area contributed by atoms with E-state index in [4.69, 9.17) is 11.0 Å². The Bertz CT molecular complexity index is 534. The normalized spacial score (nSPS) is 12.8. The number of rotatable bonds is 3. The third kappa shape index (κ3) is 2.61. The van der Waals surface area contributed by atoms with Crippen molar-refractivity contribution in [3.05, 3.63) is 23.8 Å². The van der Waals surface area contributed by atoms with Crippen molar-refractivity contribution in [1.82, 2.24) is 0 Å². The Morgan fingerprint density at radius 2 is 2.19 bits per heavy atom. The van der Waals surface area contributed by atoms with Gasteiger partial charge in [0.25, 0.3) is 10.0 Å². The number of hydrogen-bond acceptors (Lipinski definition) is 4. The van der Waals surface area contributed by atoms with E-state index in [1.807, 2.05) is 10.8 Å². The predicted octanol–water partition coefficient (Wildman–Crippen LogP) is 1.20. The molecule has 0 aromatic heterocycles. The molecular weight excluding hydrogens is 233 g/mol. The summed E-state index contributed by atoms with van der Waals surface area (Å²) in [6.45, 7) is 0.896. The Kier molecular flexibility index (Phi) is 3.34. The molecule has 0 saturated heterocycles. The van der Waals surface area contributed by atoms with Crippen molar-refractivity contribution >= 4 is 21.4 Å². The van der Waals surface area contributed by atoms with Crippen molar-refractivity contribution in [2.45, 2.75) is 12.4 Å². The van der Waals surface area contributed by atoms with Crippen molar-refractivity contribution in [1.29, 1.82) is 5.26 Å². The fourth-order valence-electron chi connectivity index (χ4n) is 0.949. The summed E-state index contributed by atoms with van der Waals surface area (Å²) in [5.41, 5.74) is 3.80. The lowest BCUT2D eigenvalue weighted by Gasteiger charge is -2.10. The molecular formula is C9H10FN3O2S. The van der Waals surface area contributed by atoms with Gasteiger partial charge in [0.15, 0.2) is 0 Å². The highest BCUT2D eigenvalue weighted by molar-refractivity contribution is 7.93. The van der Waals surface area contributed by atoms with Crippen LogP contribution in [0.3, 0.4) is 0 Å². The molecule has 16 heavy (non-hydrogen) atoms. The van der Waals surface area contributed by atoms with Crippen LogP contribution in [0.15, 0.2) is 18.2 Å². The molecule has 0 spiro atoms. The van der Waals surface area contributed by atoms with Gasteiger partial charge in [-0.25, -0.2) is 12.8 Å². The Labute approximate surface area is 92.7 Å². The maximum absolute atomic E-state index is 12.7. The van der Waals surface area contributed by atoms with Gasteiger partial charge in [0, 0.05) is 0 Å². The van der Waals surface area contributed by atoms with Crippen LogP contribution in [0, 0.1) is 11.3 Å². The number of nitrogens with zero attached hydrogens (tertiary/aromatic N) is 1. The van der Waals surface area contributed by atoms with E-state index >= 15 is 0 Å². The van der Waals surface area contributed by atoms with E-state index in [1.54, 1.807) is 0 Å². The summed E-state index contributed by atoms with van der Waals surface area (Å²) < 4.78 is 37.2. The van der Waals surface area contributed by atoms with Gasteiger partial charge in [-0.05, 0) is 25.1 Å². The summed E-state index contributed by atoms with van der Waals surface area (Å²) in [6, 6.07) is 5.88. The number of benzene rings is 1. The first kappa shape index (κ1) is 12.3. The number of alkyl halides is 1. The standard InChI is InChI=1S/C9H10FN3O2S/c1-6(10)16(14,15)13-9-4-7(5-11)2-3-8(9)12/h2-4,6,13H,12H2,1H3. The van der Waals surface area contributed by atoms with Gasteiger partial charge in [0.1, 0.15) is 0 Å². The highest BCUT2D eigenvalue weighted by Crippen LogP contribution is 2.22. The third-order valence-electron chi connectivity index (χ3n) is 1.86. The lowest BCUT2D eigenvalue weighted by atomic mass is 10.2. The number of halogens is 1. The van der Waals surface area contributed by atoms with Gasteiger partial charge in [0.2, 0.25) is 5.50 Å². The monoisotopic (exact) mass is 243 g/mol. The molecule has 3 N–H and O–H groups in total. The molecule has 0 fully saturated rings. The number of nitriles is 1. The van der Waals surface area contributed by atoms with E-state index in [0.717, 1.165) is 6.92 Å². The maximum Gasteiger partial charge on any atom is 0.264 e. The molecule has 86 valence electrons. The highest BCUT2D eigenvalue weighted by atomic mass is 32.2. The first-order valence-electron chi connectivity index (χ1n) is 4.32. The molecule has 0 aliphatic rings. The average molecular weight is 243 g/mol. The second kappa shape index (κ2) is 4.37. The third-order valence-corrected chi connectivity index (χ3v) is 3.22. The largest absolute Gasteiger partial charge is 0.397 e. The minimum atomic E-state index is -4.10. The SMILES string of the molecule is CC(F)S(=O)(=O)Nc1cc(C#N)ccc1N. The molecule has 0 amide bonds. The lowest BCUT2D eigenvalue weighted by Crippen LogP contribution is -2.22. The lowest BCUT2D eigenvalue weighted by molar-refractivity contribution is 0.446. The van der Waals surface area contributed by atoms with Crippen LogP contribution in [0.25, 0.3) is 0 Å². The minimum Gasteiger partial charge on any atom is -0.397 e. The topological polar surface area (TPSA) is 96.0 Å². The van der Waals surface area contributed by atoms with Crippen LogP contribution in [-0.2, 0) is 10.0 Å². The zero-order chi connectivity index (χ0) is 12.3. The number of anilines is 2. The Morgan fingerprint density at radius 3 is 2.69 bits per heavy atom. The van der Waals surface area contributed by atoms with Crippen LogP contribution in [0.4, 0.5) is 15.8 Å². The average Bonchev–Trinajstić information content (AvgIpc) is 2.21. The maximum atomic E-state index is 12.7. The molecule has 0 saturated carbocycles. The minimum absolute atomic E-state index is 0.00329. The summed E-state index contributed by atoms with van der Waals surface area (Å²) in [6.07, 6.45) is 0. The molecule has 1 rings (SSSR count). The molecule has 7 heteroatoms. The first-order valence-corrected chi connectivity index (χ1v) is 5.87. The van der Waals surface area contributed by atoms with Crippen LogP contribution < -0.4 is 10.5 Å². The van der Waals surface area contributed by atoms with E-state index in [-0.39, 0.29) is 16.9 Å². The van der Waals surface area contributed by atoms with Crippen LogP contribution >= 0.6 is 0 Å². The fourth-order valence-corrected chi connectivity index (χ4v) is 1.59. The zero-order valence-electron chi connectivity index (χ0n) is 8.44. The number of nitrogens with two attached hydrogens (primary N) is 1. The fraction of sp³-hybridized carbons (Fsp3) is 0.222. The van der Waals surface area contributed by atoms with Crippen LogP contribution in [0.2, 0.25) is 0 Å². The van der Waals surface area contributed by atoms with Gasteiger partial charge in [-0.2, -0.15) is 5.26 Å². The van der Waals surface area contributed by atoms with Crippen molar-refractivity contribution in [3.8, 4) is 6.07 Å². The Balaban J connectivity index is 3.12. The van der Waals surface area contributed by atoms with Gasteiger partial charge < -0.3 is 5.73 Å². The van der Waals surface area contributed by atoms with E-state index in [9.17, 15) is 12.8 Å². The van der Waals surface area contributed by atoms with E-state index < -0.39 is 15.5 Å². The summed E-state index contributed by atoms with van der Waals surface area (Å²) in [4.78, 5) is 0. The summed E-state index contributed by atoms with van der Waals surface area (Å²) in [7, 11) is -4.10. The number of hydrogen-bond donors (Lipinski definition) is 2. The van der Waals surface area contributed by atoms with Gasteiger partial charge in [-0.3, -0.25) is 4.72 Å². The summed E-state index contributed by atoms with van der Waals surface area (Å²) in [5.74, 6) is 0. The second-order valence-electron chi connectivity index (χ2n) is 3.10. The quantitative estimate of drug-likeness (QED) is 0.779. The predicted molar refractivity (Wildman–Crippen MR) is 58.7 cm³/mol. The summed E-state index contributed by atoms with van der Waals surface area (Å²) in [5, 5.41) is 8.62. The molecule has 0 bridgehead atoms. The van der Waals surface area contributed by atoms with Gasteiger partial charge in [0.05, 0.1) is 23.0 Å². The van der Waals surface area contributed by atoms with E-state index in [1.165, 1.54) is 18.2 Å². The van der Waals surface area contributed by atoms with Crippen molar-refractivity contribution in [2.24, 2.45) is 0 Å². The van der Waals surface area contributed by atoms with Gasteiger partial charge in [-0.15, -0.1) is 0 Å². The Morgan fingerprint density at radius 1 is 1.56 bits per heavy atom. The second-order valence-corrected chi connectivity index (χ2v) is 5.05. The molecule has 5 nitrogen and oxygen atoms in total. The van der Waals surface area contributed by atoms with Crippen molar-refractivity contribution < 1.29 is 12.8 Å². The number of nitrogen functional groups attached to an aromatic ring is 1. The van der Waals surface area contributed by atoms with Crippen LogP contribution in [0.5, 0.6) is 0 Å². The van der Waals surface area contributed by atoms with Crippen LogP contribution in [0.1, 0.15) is 12.5 Å². The molecule has 0 heterocycles. The van der Waals surface area contributed by atoms with E-state index in [2.05, 4.69) is 0 Å². The number of nitrogens with one attached hydrogen (secondary N) is 1. The van der Waals surface area contributed by atoms with E-state index in [0.29, 0.717) is 0 Å². The molecule has 0 aliphatic heterocycles.